The molecule has 1 aromatic rings. The first-order chi connectivity index (χ1) is 10.6. The Kier molecular flexibility index (Phi) is 5.95. The summed E-state index contributed by atoms with van der Waals surface area (Å²) in [7, 11) is 0. The average Bonchev–Trinajstić information content (AvgIpc) is 2.49. The summed E-state index contributed by atoms with van der Waals surface area (Å²) in [6.45, 7) is 6.36. The van der Waals surface area contributed by atoms with E-state index in [0.29, 0.717) is 6.61 Å². The number of likely N-dealkylation sites (tertiary alicyclic amines) is 1. The number of anilines is 1. The molecule has 2 rings (SSSR count). The zero-order valence-corrected chi connectivity index (χ0v) is 13.3. The summed E-state index contributed by atoms with van der Waals surface area (Å²) in [6.07, 6.45) is 1.93. The molecule has 0 aromatic heterocycles. The minimum atomic E-state index is -0.0757. The number of carbonyl (C=O) groups excluding carboxylic acids is 2. The summed E-state index contributed by atoms with van der Waals surface area (Å²) in [4.78, 5) is 25.1. The largest absolute Gasteiger partial charge is 0.466 e. The highest BCUT2D eigenvalue weighted by Gasteiger charge is 2.26. The van der Waals surface area contributed by atoms with Crippen molar-refractivity contribution in [1.29, 1.82) is 0 Å². The number of rotatable bonds is 5. The number of nitrogens with zero attached hydrogens (tertiary/aromatic N) is 1. The van der Waals surface area contributed by atoms with Crippen molar-refractivity contribution in [1.82, 2.24) is 4.90 Å². The fraction of sp³-hybridized carbons (Fsp3) is 0.529. The maximum absolute atomic E-state index is 11.9. The Labute approximate surface area is 131 Å². The molecule has 1 aliphatic heterocycles. The van der Waals surface area contributed by atoms with Crippen molar-refractivity contribution in [2.45, 2.75) is 33.2 Å². The van der Waals surface area contributed by atoms with Crippen LogP contribution in [0.1, 0.15) is 32.3 Å². The molecule has 1 aliphatic rings. The van der Waals surface area contributed by atoms with Crippen LogP contribution in [-0.2, 0) is 20.9 Å². The molecular weight excluding hydrogens is 280 g/mol. The second kappa shape index (κ2) is 7.94. The van der Waals surface area contributed by atoms with Gasteiger partial charge in [-0.3, -0.25) is 14.5 Å². The molecule has 0 bridgehead atoms. The molecule has 0 radical (unpaired) electrons. The minimum Gasteiger partial charge on any atom is -0.466 e. The molecule has 1 atom stereocenters. The van der Waals surface area contributed by atoms with Gasteiger partial charge < -0.3 is 10.1 Å². The van der Waals surface area contributed by atoms with E-state index in [2.05, 4.69) is 10.2 Å². The van der Waals surface area contributed by atoms with E-state index in [4.69, 9.17) is 4.74 Å². The molecule has 0 saturated carbocycles. The summed E-state index contributed by atoms with van der Waals surface area (Å²) in [5.41, 5.74) is 1.98. The van der Waals surface area contributed by atoms with E-state index in [0.717, 1.165) is 38.2 Å². The van der Waals surface area contributed by atoms with Crippen molar-refractivity contribution in [3.63, 3.8) is 0 Å². The number of carbonyl (C=O) groups is 2. The third-order valence-electron chi connectivity index (χ3n) is 3.81. The quantitative estimate of drug-likeness (QED) is 0.849. The maximum atomic E-state index is 11.9. The van der Waals surface area contributed by atoms with Gasteiger partial charge in [-0.1, -0.05) is 12.1 Å². The van der Waals surface area contributed by atoms with Crippen molar-refractivity contribution in [3.05, 3.63) is 29.8 Å². The SMILES string of the molecule is CCOC(=O)[C@@H]1CCCN(Cc2ccc(NC(C)=O)cc2)C1. The first-order valence-electron chi connectivity index (χ1n) is 7.84. The van der Waals surface area contributed by atoms with E-state index >= 15 is 0 Å². The second-order valence-corrected chi connectivity index (χ2v) is 5.70. The van der Waals surface area contributed by atoms with Gasteiger partial charge in [0.1, 0.15) is 0 Å². The Morgan fingerprint density at radius 1 is 1.32 bits per heavy atom. The summed E-state index contributed by atoms with van der Waals surface area (Å²) in [5.74, 6) is -0.151. The van der Waals surface area contributed by atoms with E-state index in [-0.39, 0.29) is 17.8 Å². The van der Waals surface area contributed by atoms with Gasteiger partial charge in [-0.15, -0.1) is 0 Å². The van der Waals surface area contributed by atoms with Gasteiger partial charge in [0.15, 0.2) is 0 Å². The van der Waals surface area contributed by atoms with E-state index in [1.165, 1.54) is 12.5 Å². The standard InChI is InChI=1S/C17H24N2O3/c1-3-22-17(21)15-5-4-10-19(12-15)11-14-6-8-16(9-7-14)18-13(2)20/h6-9,15H,3-5,10-12H2,1-2H3,(H,18,20)/t15-/m1/s1. The lowest BCUT2D eigenvalue weighted by Gasteiger charge is -2.31. The highest BCUT2D eigenvalue weighted by molar-refractivity contribution is 5.88. The lowest BCUT2D eigenvalue weighted by atomic mass is 9.97. The average molecular weight is 304 g/mol. The summed E-state index contributed by atoms with van der Waals surface area (Å²) in [6, 6.07) is 7.84. The first kappa shape index (κ1) is 16.5. The molecule has 22 heavy (non-hydrogen) atoms. The van der Waals surface area contributed by atoms with Gasteiger partial charge in [0, 0.05) is 25.7 Å². The van der Waals surface area contributed by atoms with Crippen molar-refractivity contribution >= 4 is 17.6 Å². The minimum absolute atomic E-state index is 0.00708. The zero-order chi connectivity index (χ0) is 15.9. The molecular formula is C17H24N2O3. The number of amides is 1. The molecule has 0 spiro atoms. The Bertz CT molecular complexity index is 513. The van der Waals surface area contributed by atoms with Gasteiger partial charge in [-0.25, -0.2) is 0 Å². The van der Waals surface area contributed by atoms with Gasteiger partial charge in [0.2, 0.25) is 5.91 Å². The lowest BCUT2D eigenvalue weighted by molar-refractivity contribution is -0.150. The Hall–Kier alpha value is -1.88. The molecule has 120 valence electrons. The number of esters is 1. The van der Waals surface area contributed by atoms with Crippen LogP contribution in [0.15, 0.2) is 24.3 Å². The lowest BCUT2D eigenvalue weighted by Crippen LogP contribution is -2.38. The van der Waals surface area contributed by atoms with Gasteiger partial charge in [0.05, 0.1) is 12.5 Å². The van der Waals surface area contributed by atoms with Crippen molar-refractivity contribution < 1.29 is 14.3 Å². The molecule has 1 saturated heterocycles. The second-order valence-electron chi connectivity index (χ2n) is 5.70. The summed E-state index contributed by atoms with van der Waals surface area (Å²) < 4.78 is 5.13. The number of ether oxygens (including phenoxy) is 1. The highest BCUT2D eigenvalue weighted by Crippen LogP contribution is 2.20. The molecule has 5 heteroatoms. The summed E-state index contributed by atoms with van der Waals surface area (Å²) in [5, 5.41) is 2.76. The van der Waals surface area contributed by atoms with Gasteiger partial charge in [-0.2, -0.15) is 0 Å². The van der Waals surface area contributed by atoms with Gasteiger partial charge in [0.25, 0.3) is 0 Å². The third kappa shape index (κ3) is 4.84. The van der Waals surface area contributed by atoms with E-state index in [1.54, 1.807) is 0 Å². The molecule has 5 nitrogen and oxygen atoms in total. The number of hydrogen-bond acceptors (Lipinski definition) is 4. The van der Waals surface area contributed by atoms with Crippen LogP contribution in [0.2, 0.25) is 0 Å². The fourth-order valence-corrected chi connectivity index (χ4v) is 2.81. The zero-order valence-electron chi connectivity index (χ0n) is 13.3. The van der Waals surface area contributed by atoms with Crippen LogP contribution in [0.25, 0.3) is 0 Å². The van der Waals surface area contributed by atoms with Gasteiger partial charge in [-0.05, 0) is 44.0 Å². The van der Waals surface area contributed by atoms with Crippen LogP contribution in [0.4, 0.5) is 5.69 Å². The Morgan fingerprint density at radius 2 is 2.05 bits per heavy atom. The monoisotopic (exact) mass is 304 g/mol. The number of nitrogens with one attached hydrogen (secondary N) is 1. The Morgan fingerprint density at radius 3 is 2.68 bits per heavy atom. The maximum Gasteiger partial charge on any atom is 0.310 e. The van der Waals surface area contributed by atoms with E-state index < -0.39 is 0 Å². The Balaban J connectivity index is 1.89. The van der Waals surface area contributed by atoms with Crippen LogP contribution >= 0.6 is 0 Å². The van der Waals surface area contributed by atoms with E-state index in [9.17, 15) is 9.59 Å². The van der Waals surface area contributed by atoms with Crippen LogP contribution in [-0.4, -0.2) is 36.5 Å². The molecule has 0 unspecified atom stereocenters. The molecule has 0 aliphatic carbocycles. The molecule has 1 heterocycles. The normalized spacial score (nSPS) is 18.7. The molecule has 1 N–H and O–H groups in total. The molecule has 1 aromatic carbocycles. The number of piperidine rings is 1. The van der Waals surface area contributed by atoms with E-state index in [1.807, 2.05) is 31.2 Å². The topological polar surface area (TPSA) is 58.6 Å². The van der Waals surface area contributed by atoms with Crippen molar-refractivity contribution in [3.8, 4) is 0 Å². The van der Waals surface area contributed by atoms with Crippen LogP contribution in [0.3, 0.4) is 0 Å². The molecule has 1 amide bonds. The van der Waals surface area contributed by atoms with Gasteiger partial charge >= 0.3 is 5.97 Å². The van der Waals surface area contributed by atoms with Crippen LogP contribution < -0.4 is 5.32 Å². The highest BCUT2D eigenvalue weighted by atomic mass is 16.5. The smallest absolute Gasteiger partial charge is 0.310 e. The van der Waals surface area contributed by atoms with Crippen LogP contribution in [0.5, 0.6) is 0 Å². The number of hydrogen-bond donors (Lipinski definition) is 1. The fourth-order valence-electron chi connectivity index (χ4n) is 2.81. The van der Waals surface area contributed by atoms with Crippen molar-refractivity contribution in [2.24, 2.45) is 5.92 Å². The molecule has 1 fully saturated rings. The third-order valence-corrected chi connectivity index (χ3v) is 3.81. The number of benzene rings is 1. The summed E-state index contributed by atoms with van der Waals surface area (Å²) >= 11 is 0. The van der Waals surface area contributed by atoms with Crippen molar-refractivity contribution in [2.75, 3.05) is 25.0 Å². The predicted octanol–water partition coefficient (Wildman–Crippen LogP) is 2.42. The predicted molar refractivity (Wildman–Crippen MR) is 85.4 cm³/mol. The first-order valence-corrected chi connectivity index (χ1v) is 7.84. The van der Waals surface area contributed by atoms with Crippen LogP contribution in [0, 0.1) is 5.92 Å².